The summed E-state index contributed by atoms with van der Waals surface area (Å²) in [6.45, 7) is 0.447. The number of rotatable bonds is 7. The Balaban J connectivity index is 1.48. The quantitative estimate of drug-likeness (QED) is 0.338. The van der Waals surface area contributed by atoms with Crippen LogP contribution in [0.2, 0.25) is 0 Å². The number of aromatic nitrogens is 2. The molecule has 1 aromatic heterocycles. The third-order valence-corrected chi connectivity index (χ3v) is 7.22. The van der Waals surface area contributed by atoms with E-state index in [0.29, 0.717) is 13.0 Å². The molecule has 3 amide bonds. The number of piperazine rings is 1. The van der Waals surface area contributed by atoms with Gasteiger partial charge < -0.3 is 24.1 Å². The van der Waals surface area contributed by atoms with E-state index in [2.05, 4.69) is 5.10 Å². The van der Waals surface area contributed by atoms with Crippen LogP contribution in [-0.4, -0.2) is 90.0 Å². The number of carbonyl (C=O) groups excluding carboxylic acids is 3. The number of hydrazine groups is 1. The van der Waals surface area contributed by atoms with E-state index < -0.39 is 20.8 Å². The maximum atomic E-state index is 13.9. The van der Waals surface area contributed by atoms with Gasteiger partial charge >= 0.3 is 8.60 Å². The predicted octanol–water partition coefficient (Wildman–Crippen LogP) is 0.591. The van der Waals surface area contributed by atoms with Gasteiger partial charge in [-0.3, -0.25) is 24.1 Å². The zero-order valence-electron chi connectivity index (χ0n) is 20.3. The SMILES string of the molecule is CN1CC(=O)N2[C@@H](Cc3ccc(OP(O)O)cc3)C(=O)N(Cc3cccc4cnn(C)c34)C[C@@H]2N1C=O. The van der Waals surface area contributed by atoms with Crippen LogP contribution < -0.4 is 4.52 Å². The Bertz CT molecular complexity index is 1330. The van der Waals surface area contributed by atoms with Crippen molar-refractivity contribution < 1.29 is 28.7 Å². The second-order valence-corrected chi connectivity index (χ2v) is 9.82. The molecule has 0 aliphatic carbocycles. The summed E-state index contributed by atoms with van der Waals surface area (Å²) in [6.07, 6.45) is 2.03. The van der Waals surface area contributed by atoms with Crippen LogP contribution in [-0.2, 0) is 34.4 Å². The molecule has 0 spiro atoms. The number of hydrogen-bond acceptors (Lipinski definition) is 8. The number of para-hydroxylation sites is 1. The zero-order chi connectivity index (χ0) is 26.3. The Morgan fingerprint density at radius 2 is 1.89 bits per heavy atom. The van der Waals surface area contributed by atoms with Crippen LogP contribution in [0.4, 0.5) is 0 Å². The fraction of sp³-hybridized carbons (Fsp3) is 0.333. The lowest BCUT2D eigenvalue weighted by atomic mass is 9.98. The molecule has 0 unspecified atom stereocenters. The Morgan fingerprint density at radius 3 is 2.59 bits per heavy atom. The largest absolute Gasteiger partial charge is 0.427 e. The molecule has 3 heterocycles. The third kappa shape index (κ3) is 4.76. The lowest BCUT2D eigenvalue weighted by Gasteiger charge is -2.53. The molecule has 5 rings (SSSR count). The number of aryl methyl sites for hydroxylation is 1. The summed E-state index contributed by atoms with van der Waals surface area (Å²) in [7, 11) is 0.978. The van der Waals surface area contributed by atoms with Crippen LogP contribution in [0.5, 0.6) is 5.75 Å². The molecular formula is C24H27N6O6P. The lowest BCUT2D eigenvalue weighted by molar-refractivity contribution is -0.196. The minimum absolute atomic E-state index is 0.0172. The predicted molar refractivity (Wildman–Crippen MR) is 133 cm³/mol. The lowest BCUT2D eigenvalue weighted by Crippen LogP contribution is -2.74. The van der Waals surface area contributed by atoms with E-state index >= 15 is 0 Å². The van der Waals surface area contributed by atoms with Crippen LogP contribution >= 0.6 is 8.60 Å². The van der Waals surface area contributed by atoms with Gasteiger partial charge in [0.25, 0.3) is 0 Å². The second kappa shape index (κ2) is 10.1. The third-order valence-electron chi connectivity index (χ3n) is 6.84. The van der Waals surface area contributed by atoms with Gasteiger partial charge in [0.05, 0.1) is 24.8 Å². The van der Waals surface area contributed by atoms with Crippen molar-refractivity contribution in [3.63, 3.8) is 0 Å². The van der Waals surface area contributed by atoms with E-state index in [0.717, 1.165) is 22.0 Å². The molecule has 3 aromatic rings. The van der Waals surface area contributed by atoms with Gasteiger partial charge in [0.2, 0.25) is 18.2 Å². The highest BCUT2D eigenvalue weighted by atomic mass is 31.2. The molecular weight excluding hydrogens is 499 g/mol. The topological polar surface area (TPSA) is 132 Å². The van der Waals surface area contributed by atoms with Gasteiger partial charge in [-0.05, 0) is 23.3 Å². The normalized spacial score (nSPS) is 20.6. The minimum atomic E-state index is -2.54. The van der Waals surface area contributed by atoms with Crippen LogP contribution in [0.25, 0.3) is 10.9 Å². The summed E-state index contributed by atoms with van der Waals surface area (Å²) in [4.78, 5) is 60.4. The molecule has 2 aliphatic rings. The average Bonchev–Trinajstić information content (AvgIpc) is 3.24. The van der Waals surface area contributed by atoms with E-state index in [1.807, 2.05) is 25.2 Å². The Hall–Kier alpha value is -3.57. The molecule has 2 fully saturated rings. The van der Waals surface area contributed by atoms with Crippen molar-refractivity contribution in [2.45, 2.75) is 25.2 Å². The summed E-state index contributed by atoms with van der Waals surface area (Å²) in [5.74, 6) is -0.168. The van der Waals surface area contributed by atoms with Crippen LogP contribution in [0.15, 0.2) is 48.7 Å². The van der Waals surface area contributed by atoms with Crippen molar-refractivity contribution >= 4 is 37.7 Å². The number of amides is 3. The molecule has 0 bridgehead atoms. The Labute approximate surface area is 214 Å². The summed E-state index contributed by atoms with van der Waals surface area (Å²) < 4.78 is 6.69. The highest BCUT2D eigenvalue weighted by molar-refractivity contribution is 7.39. The highest BCUT2D eigenvalue weighted by Gasteiger charge is 2.49. The molecule has 37 heavy (non-hydrogen) atoms. The maximum Gasteiger partial charge on any atom is 0.391 e. The van der Waals surface area contributed by atoms with E-state index in [9.17, 15) is 14.4 Å². The van der Waals surface area contributed by atoms with Crippen LogP contribution in [0.1, 0.15) is 11.1 Å². The van der Waals surface area contributed by atoms with Crippen molar-refractivity contribution in [1.82, 2.24) is 29.6 Å². The van der Waals surface area contributed by atoms with E-state index in [1.165, 1.54) is 9.91 Å². The number of likely N-dealkylation sites (N-methyl/N-ethyl adjacent to an activating group) is 1. The van der Waals surface area contributed by atoms with Gasteiger partial charge in [-0.1, -0.05) is 30.3 Å². The Kier molecular flexibility index (Phi) is 6.82. The molecule has 12 nitrogen and oxygen atoms in total. The van der Waals surface area contributed by atoms with E-state index in [1.54, 1.807) is 52.1 Å². The standard InChI is InChI=1S/C24H27N6O6P/c1-26-14-22(32)30-20(10-16-6-8-19(9-7-16)36-37(34)35)24(33)28(13-21(30)29(26)15-31)12-18-5-3-4-17-11-25-27(2)23(17)18/h3-9,11,15,20-21,34-35H,10,12-14H2,1-2H3/t20-,21+/m0/s1. The van der Waals surface area contributed by atoms with Gasteiger partial charge in [-0.15, -0.1) is 0 Å². The first-order chi connectivity index (χ1) is 17.8. The molecule has 0 saturated carbocycles. The number of fused-ring (bicyclic) bond motifs is 2. The zero-order valence-corrected chi connectivity index (χ0v) is 21.2. The monoisotopic (exact) mass is 526 g/mol. The van der Waals surface area contributed by atoms with Crippen molar-refractivity contribution in [2.24, 2.45) is 7.05 Å². The van der Waals surface area contributed by atoms with Crippen molar-refractivity contribution in [3.05, 3.63) is 59.8 Å². The first kappa shape index (κ1) is 25.1. The first-order valence-electron chi connectivity index (χ1n) is 11.7. The van der Waals surface area contributed by atoms with Gasteiger partial charge in [-0.25, -0.2) is 5.01 Å². The summed E-state index contributed by atoms with van der Waals surface area (Å²) in [6, 6.07) is 11.6. The van der Waals surface area contributed by atoms with Gasteiger partial charge in [-0.2, -0.15) is 5.10 Å². The summed E-state index contributed by atoms with van der Waals surface area (Å²) in [5.41, 5.74) is 2.59. The number of hydrogen-bond donors (Lipinski definition) is 2. The molecule has 0 radical (unpaired) electrons. The second-order valence-electron chi connectivity index (χ2n) is 9.13. The minimum Gasteiger partial charge on any atom is -0.427 e. The Morgan fingerprint density at radius 1 is 1.14 bits per heavy atom. The summed E-state index contributed by atoms with van der Waals surface area (Å²) in [5, 5.41) is 8.32. The van der Waals surface area contributed by atoms with Crippen molar-refractivity contribution in [1.29, 1.82) is 0 Å². The molecule has 2 aliphatic heterocycles. The van der Waals surface area contributed by atoms with E-state index in [-0.39, 0.29) is 37.1 Å². The number of carbonyl (C=O) groups is 3. The maximum absolute atomic E-state index is 13.9. The van der Waals surface area contributed by atoms with Crippen molar-refractivity contribution in [2.75, 3.05) is 20.1 Å². The fourth-order valence-corrected chi connectivity index (χ4v) is 5.49. The molecule has 2 atom stereocenters. The smallest absolute Gasteiger partial charge is 0.391 e. The summed E-state index contributed by atoms with van der Waals surface area (Å²) >= 11 is 0. The van der Waals surface area contributed by atoms with Crippen LogP contribution in [0, 0.1) is 0 Å². The van der Waals surface area contributed by atoms with Gasteiger partial charge in [0, 0.05) is 32.4 Å². The van der Waals surface area contributed by atoms with Gasteiger partial charge in [0.1, 0.15) is 18.0 Å². The van der Waals surface area contributed by atoms with Gasteiger partial charge in [0.15, 0.2) is 0 Å². The van der Waals surface area contributed by atoms with E-state index in [4.69, 9.17) is 14.3 Å². The number of benzene rings is 2. The molecule has 2 N–H and O–H groups in total. The van der Waals surface area contributed by atoms with Crippen LogP contribution in [0.3, 0.4) is 0 Å². The molecule has 13 heteroatoms. The fourth-order valence-electron chi connectivity index (χ4n) is 5.18. The molecule has 194 valence electrons. The number of nitrogens with zero attached hydrogens (tertiary/aromatic N) is 6. The van der Waals surface area contributed by atoms with Crippen molar-refractivity contribution in [3.8, 4) is 5.75 Å². The molecule has 2 saturated heterocycles. The average molecular weight is 526 g/mol. The molecule has 2 aromatic carbocycles. The highest BCUT2D eigenvalue weighted by Crippen LogP contribution is 2.31. The first-order valence-corrected chi connectivity index (χ1v) is 12.8.